The number of hydrogen-bond acceptors (Lipinski definition) is 2. The predicted molar refractivity (Wildman–Crippen MR) is 82.8 cm³/mol. The summed E-state index contributed by atoms with van der Waals surface area (Å²) in [5, 5.41) is 2.91. The van der Waals surface area contributed by atoms with E-state index in [1.54, 1.807) is 24.0 Å². The van der Waals surface area contributed by atoms with Crippen LogP contribution in [0.25, 0.3) is 0 Å². The van der Waals surface area contributed by atoms with Crippen LogP contribution in [0.1, 0.15) is 43.5 Å². The summed E-state index contributed by atoms with van der Waals surface area (Å²) < 4.78 is 2.11. The van der Waals surface area contributed by atoms with E-state index in [4.69, 9.17) is 0 Å². The van der Waals surface area contributed by atoms with Gasteiger partial charge in [-0.15, -0.1) is 0 Å². The minimum atomic E-state index is -0.292. The Morgan fingerprint density at radius 1 is 1.45 bits per heavy atom. The van der Waals surface area contributed by atoms with Gasteiger partial charge in [-0.05, 0) is 40.1 Å². The summed E-state index contributed by atoms with van der Waals surface area (Å²) in [5.74, 6) is 0.382. The monoisotopic (exact) mass is 340 g/mol. The zero-order valence-electron chi connectivity index (χ0n) is 12.2. The molecule has 0 saturated heterocycles. The highest BCUT2D eigenvalue weighted by molar-refractivity contribution is 9.10. The van der Waals surface area contributed by atoms with E-state index in [0.717, 1.165) is 0 Å². The van der Waals surface area contributed by atoms with Crippen LogP contribution >= 0.6 is 15.9 Å². The number of carbonyl (C=O) groups is 1. The van der Waals surface area contributed by atoms with Crippen LogP contribution < -0.4 is 10.7 Å². The highest BCUT2D eigenvalue weighted by Gasteiger charge is 2.34. The maximum absolute atomic E-state index is 12.2. The molecule has 0 radical (unpaired) electrons. The van der Waals surface area contributed by atoms with Crippen molar-refractivity contribution in [3.05, 3.63) is 32.7 Å². The summed E-state index contributed by atoms with van der Waals surface area (Å²) in [5.41, 5.74) is 0.0128. The molecule has 1 saturated carbocycles. The average molecular weight is 341 g/mol. The largest absolute Gasteiger partial charge is 0.355 e. The van der Waals surface area contributed by atoms with Crippen molar-refractivity contribution in [1.29, 1.82) is 0 Å². The molecule has 5 heteroatoms. The van der Waals surface area contributed by atoms with Crippen molar-refractivity contribution in [3.63, 3.8) is 0 Å². The van der Waals surface area contributed by atoms with E-state index in [1.807, 2.05) is 0 Å². The maximum Gasteiger partial charge on any atom is 0.256 e. The number of rotatable bonds is 4. The molecular weight excluding hydrogens is 320 g/mol. The lowest BCUT2D eigenvalue weighted by molar-refractivity contribution is 0.0856. The molecule has 2 rings (SSSR count). The van der Waals surface area contributed by atoms with Crippen molar-refractivity contribution < 1.29 is 4.79 Å². The first-order chi connectivity index (χ1) is 9.31. The van der Waals surface area contributed by atoms with E-state index in [1.165, 1.54) is 19.3 Å². The number of halogens is 1. The van der Waals surface area contributed by atoms with Crippen molar-refractivity contribution in [3.8, 4) is 0 Å². The first-order valence-corrected chi connectivity index (χ1v) is 7.74. The van der Waals surface area contributed by atoms with Crippen molar-refractivity contribution >= 4 is 21.8 Å². The Balaban J connectivity index is 2.07. The molecule has 1 aromatic heterocycles. The van der Waals surface area contributed by atoms with Gasteiger partial charge < -0.3 is 9.88 Å². The van der Waals surface area contributed by atoms with Gasteiger partial charge in [0.15, 0.2) is 0 Å². The summed E-state index contributed by atoms with van der Waals surface area (Å²) in [7, 11) is 1.79. The normalized spacial score (nSPS) is 15.8. The zero-order valence-corrected chi connectivity index (χ0v) is 13.8. The Kier molecular flexibility index (Phi) is 4.37. The van der Waals surface area contributed by atoms with E-state index in [0.29, 0.717) is 16.9 Å². The van der Waals surface area contributed by atoms with Gasteiger partial charge in [-0.25, -0.2) is 0 Å². The molecule has 20 heavy (non-hydrogen) atoms. The van der Waals surface area contributed by atoms with E-state index in [2.05, 4.69) is 35.1 Å². The molecule has 1 aliphatic carbocycles. The summed E-state index contributed by atoms with van der Waals surface area (Å²) in [4.78, 5) is 24.2. The summed E-state index contributed by atoms with van der Waals surface area (Å²) in [6, 6.07) is 0. The van der Waals surface area contributed by atoms with Gasteiger partial charge >= 0.3 is 0 Å². The Morgan fingerprint density at radius 2 is 2.10 bits per heavy atom. The number of amides is 1. The standard InChI is InChI=1S/C15H21BrN2O2/c1-15(2,10-5-4-6-10)9-17-14(20)11-7-18(3)8-12(16)13(11)19/h7-8,10H,4-6,9H2,1-3H3,(H,17,20). The highest BCUT2D eigenvalue weighted by atomic mass is 79.9. The average Bonchev–Trinajstić information content (AvgIpc) is 2.28. The molecule has 110 valence electrons. The number of nitrogens with one attached hydrogen (secondary N) is 1. The molecule has 0 spiro atoms. The topological polar surface area (TPSA) is 51.1 Å². The Morgan fingerprint density at radius 3 is 2.65 bits per heavy atom. The number of pyridine rings is 1. The molecule has 0 aliphatic heterocycles. The van der Waals surface area contributed by atoms with Crippen molar-refractivity contribution in [2.24, 2.45) is 18.4 Å². The first-order valence-electron chi connectivity index (χ1n) is 6.95. The SMILES string of the molecule is Cn1cc(Br)c(=O)c(C(=O)NCC(C)(C)C2CCC2)c1. The molecule has 1 amide bonds. The van der Waals surface area contributed by atoms with Gasteiger partial charge in [-0.3, -0.25) is 9.59 Å². The number of hydrogen-bond donors (Lipinski definition) is 1. The van der Waals surface area contributed by atoms with Gasteiger partial charge in [-0.1, -0.05) is 20.3 Å². The molecule has 1 aromatic rings. The van der Waals surface area contributed by atoms with Crippen LogP contribution in [0.5, 0.6) is 0 Å². The summed E-state index contributed by atoms with van der Waals surface area (Å²) in [6.45, 7) is 4.96. The number of carbonyl (C=O) groups excluding carboxylic acids is 1. The molecule has 1 heterocycles. The lowest BCUT2D eigenvalue weighted by Crippen LogP contribution is -2.42. The van der Waals surface area contributed by atoms with Gasteiger partial charge in [0, 0.05) is 26.0 Å². The summed E-state index contributed by atoms with van der Waals surface area (Å²) >= 11 is 3.19. The van der Waals surface area contributed by atoms with Crippen molar-refractivity contribution in [2.45, 2.75) is 33.1 Å². The Labute approximate surface area is 127 Å². The van der Waals surface area contributed by atoms with Gasteiger partial charge in [0.2, 0.25) is 5.43 Å². The molecule has 0 atom stereocenters. The zero-order chi connectivity index (χ0) is 14.9. The smallest absolute Gasteiger partial charge is 0.256 e. The van der Waals surface area contributed by atoms with Crippen LogP contribution in [0, 0.1) is 11.3 Å². The number of nitrogens with zero attached hydrogens (tertiary/aromatic N) is 1. The lowest BCUT2D eigenvalue weighted by Gasteiger charge is -2.40. The third-order valence-electron chi connectivity index (χ3n) is 4.27. The van der Waals surface area contributed by atoms with Crippen LogP contribution in [0.4, 0.5) is 0 Å². The minimum absolute atomic E-state index is 0.0885. The van der Waals surface area contributed by atoms with E-state index >= 15 is 0 Å². The molecule has 1 N–H and O–H groups in total. The maximum atomic E-state index is 12.2. The second-order valence-corrected chi connectivity index (χ2v) is 7.17. The first kappa shape index (κ1) is 15.3. The van der Waals surface area contributed by atoms with E-state index < -0.39 is 0 Å². The molecule has 0 unspecified atom stereocenters. The fraction of sp³-hybridized carbons (Fsp3) is 0.600. The number of aromatic nitrogens is 1. The minimum Gasteiger partial charge on any atom is -0.355 e. The fourth-order valence-electron chi connectivity index (χ4n) is 2.56. The van der Waals surface area contributed by atoms with Crippen LogP contribution in [-0.4, -0.2) is 17.0 Å². The Bertz CT molecular complexity index is 574. The molecule has 1 aliphatic rings. The predicted octanol–water partition coefficient (Wildman–Crippen LogP) is 2.70. The van der Waals surface area contributed by atoms with E-state index in [-0.39, 0.29) is 22.3 Å². The quantitative estimate of drug-likeness (QED) is 0.916. The number of aryl methyl sites for hydroxylation is 1. The molecule has 4 nitrogen and oxygen atoms in total. The fourth-order valence-corrected chi connectivity index (χ4v) is 3.10. The molecular formula is C15H21BrN2O2. The molecule has 0 bridgehead atoms. The summed E-state index contributed by atoms with van der Waals surface area (Å²) in [6.07, 6.45) is 6.98. The van der Waals surface area contributed by atoms with Crippen LogP contribution in [-0.2, 0) is 7.05 Å². The van der Waals surface area contributed by atoms with Gasteiger partial charge in [0.1, 0.15) is 5.56 Å². The third-order valence-corrected chi connectivity index (χ3v) is 4.84. The van der Waals surface area contributed by atoms with E-state index in [9.17, 15) is 9.59 Å². The lowest BCUT2D eigenvalue weighted by atomic mass is 9.67. The van der Waals surface area contributed by atoms with Crippen LogP contribution in [0.3, 0.4) is 0 Å². The molecule has 1 fully saturated rings. The Hall–Kier alpha value is -1.10. The van der Waals surface area contributed by atoms with Crippen molar-refractivity contribution in [1.82, 2.24) is 9.88 Å². The molecule has 0 aromatic carbocycles. The van der Waals surface area contributed by atoms with Gasteiger partial charge in [-0.2, -0.15) is 0 Å². The van der Waals surface area contributed by atoms with Crippen LogP contribution in [0.15, 0.2) is 21.7 Å². The second-order valence-electron chi connectivity index (χ2n) is 6.31. The third kappa shape index (κ3) is 3.14. The van der Waals surface area contributed by atoms with Crippen LogP contribution in [0.2, 0.25) is 0 Å². The van der Waals surface area contributed by atoms with Crippen molar-refractivity contribution in [2.75, 3.05) is 6.54 Å². The van der Waals surface area contributed by atoms with Gasteiger partial charge in [0.25, 0.3) is 5.91 Å². The second kappa shape index (κ2) is 5.72. The van der Waals surface area contributed by atoms with Gasteiger partial charge in [0.05, 0.1) is 4.47 Å². The highest BCUT2D eigenvalue weighted by Crippen LogP contribution is 2.41.